The molecule has 1 unspecified atom stereocenters. The second-order valence-corrected chi connectivity index (χ2v) is 15.3. The van der Waals surface area contributed by atoms with Gasteiger partial charge in [0.25, 0.3) is 0 Å². The Hall–Kier alpha value is -1.31. The summed E-state index contributed by atoms with van der Waals surface area (Å²) in [5.74, 6) is 0.557. The van der Waals surface area contributed by atoms with E-state index in [1.54, 1.807) is 5.20 Å². The largest absolute Gasteiger partial charge is 0.179 e. The molecule has 0 N–H and O–H groups in total. The van der Waals surface area contributed by atoms with Crippen molar-refractivity contribution < 1.29 is 49.0 Å². The maximum absolute atomic E-state index is 3.30. The van der Waals surface area contributed by atoms with Crippen molar-refractivity contribution in [1.82, 2.24) is 0 Å². The minimum atomic E-state index is -1.02. The van der Waals surface area contributed by atoms with E-state index in [1.807, 2.05) is 12.1 Å². The van der Waals surface area contributed by atoms with E-state index in [-0.39, 0.29) is 24.8 Å². The average molecular weight is 583 g/mol. The van der Waals surface area contributed by atoms with Crippen LogP contribution in [0.2, 0.25) is 19.6 Å². The van der Waals surface area contributed by atoms with Crippen molar-refractivity contribution in [2.45, 2.75) is 39.4 Å². The standard InChI is InChI=1S/C13H9.C9H15Si.C8H8.2ClH.Zr/c1-3-7-12-10(5-1)9-11-6-2-4-8-13(11)12;1-8-5-6-9(7-8)10(2,3)4;1-2-8-6-4-3-5-7-8;;;/h1-5,7-8H,9H2;6-8H,1-4H3;1,3-7H,2H2;2*1H;/q2*-1;;;;+2/p-2. The molecule has 0 fully saturated rings. The van der Waals surface area contributed by atoms with Gasteiger partial charge in [-0.2, -0.15) is 35.9 Å². The van der Waals surface area contributed by atoms with Crippen LogP contribution in [0.4, 0.5) is 0 Å². The Balaban J connectivity index is 0.000000253. The summed E-state index contributed by atoms with van der Waals surface area (Å²) in [5.41, 5.74) is 6.92. The maximum Gasteiger partial charge on any atom is -0.0253 e. The van der Waals surface area contributed by atoms with Crippen molar-refractivity contribution >= 4 is 11.8 Å². The van der Waals surface area contributed by atoms with Gasteiger partial charge in [0.05, 0.1) is 0 Å². The summed E-state index contributed by atoms with van der Waals surface area (Å²) in [7, 11) is -1.02. The summed E-state index contributed by atoms with van der Waals surface area (Å²) >= 11 is 1.51. The normalized spacial score (nSPS) is 14.5. The monoisotopic (exact) mass is 580 g/mol. The van der Waals surface area contributed by atoms with Gasteiger partial charge in [-0.3, -0.25) is 6.08 Å². The van der Waals surface area contributed by atoms with Crippen LogP contribution in [0.5, 0.6) is 0 Å². The Morgan fingerprint density at radius 1 is 0.912 bits per heavy atom. The third kappa shape index (κ3) is 9.04. The van der Waals surface area contributed by atoms with Crippen LogP contribution in [0, 0.1) is 18.1 Å². The zero-order chi connectivity index (χ0) is 23.0. The van der Waals surface area contributed by atoms with Gasteiger partial charge >= 0.3 is 70.3 Å². The van der Waals surface area contributed by atoms with Crippen molar-refractivity contribution in [2.75, 3.05) is 0 Å². The third-order valence-electron chi connectivity index (χ3n) is 5.59. The Morgan fingerprint density at radius 3 is 2.15 bits per heavy atom. The van der Waals surface area contributed by atoms with Gasteiger partial charge < -0.3 is 24.8 Å². The molecule has 0 heterocycles. The van der Waals surface area contributed by atoms with Crippen molar-refractivity contribution in [3.05, 3.63) is 119 Å². The van der Waals surface area contributed by atoms with E-state index in [0.717, 1.165) is 12.8 Å². The van der Waals surface area contributed by atoms with Crippen LogP contribution in [0.15, 0.2) is 90.1 Å². The van der Waals surface area contributed by atoms with Crippen LogP contribution in [0.25, 0.3) is 11.1 Å². The summed E-state index contributed by atoms with van der Waals surface area (Å²) < 4.78 is 2.25. The Labute approximate surface area is 234 Å². The number of hydrogen-bond acceptors (Lipinski definition) is 0. The molecule has 34 heavy (non-hydrogen) atoms. The number of allylic oxidation sites excluding steroid dienone is 4. The fraction of sp³-hybridized carbons (Fsp3) is 0.233. The van der Waals surface area contributed by atoms with Gasteiger partial charge in [-0.15, -0.1) is 5.56 Å². The molecule has 0 radical (unpaired) electrons. The third-order valence-corrected chi connectivity index (χ3v) is 8.14. The van der Waals surface area contributed by atoms with Crippen LogP contribution in [0.3, 0.4) is 0 Å². The molecule has 1 atom stereocenters. The quantitative estimate of drug-likeness (QED) is 0.254. The summed E-state index contributed by atoms with van der Waals surface area (Å²) in [5, 5.41) is 1.56. The smallest absolute Gasteiger partial charge is 0.0253 e. The van der Waals surface area contributed by atoms with Gasteiger partial charge in [-0.05, 0) is 14.5 Å². The first-order chi connectivity index (χ1) is 15.4. The average Bonchev–Trinajstić information content (AvgIpc) is 3.39. The van der Waals surface area contributed by atoms with Gasteiger partial charge in [0.2, 0.25) is 0 Å². The number of rotatable bonds is 3. The first-order valence-electron chi connectivity index (χ1n) is 11.3. The SMILES string of the molecule is CC1[C-]=CC([Si](C)(C)C)=C1.[Cl-].[Cl-].[Zr+2]=[CH]Cc1ccccc1.[c-]1cccc2c1Cc1ccccc1-2. The molecule has 0 bridgehead atoms. The zero-order valence-electron chi connectivity index (χ0n) is 20.4. The van der Waals surface area contributed by atoms with Gasteiger partial charge in [-0.1, -0.05) is 67.9 Å². The molecule has 0 amide bonds. The number of halogens is 2. The molecule has 0 saturated carbocycles. The summed E-state index contributed by atoms with van der Waals surface area (Å²) in [6, 6.07) is 28.6. The molecular formula is C30H32Cl2SiZr-2. The topological polar surface area (TPSA) is 0 Å². The van der Waals surface area contributed by atoms with Gasteiger partial charge in [0, 0.05) is 0 Å². The second-order valence-electron chi connectivity index (χ2n) is 9.26. The fourth-order valence-corrected chi connectivity index (χ4v) is 5.63. The van der Waals surface area contributed by atoms with Crippen LogP contribution < -0.4 is 24.8 Å². The first-order valence-corrected chi connectivity index (χ1v) is 16.2. The van der Waals surface area contributed by atoms with Crippen LogP contribution in [0.1, 0.15) is 23.6 Å². The molecule has 2 aliphatic rings. The molecule has 0 aromatic heterocycles. The van der Waals surface area contributed by atoms with E-state index in [0.29, 0.717) is 5.92 Å². The molecule has 5 rings (SSSR count). The molecule has 0 spiro atoms. The van der Waals surface area contributed by atoms with Gasteiger partial charge in [0.15, 0.2) is 0 Å². The molecule has 4 heteroatoms. The van der Waals surface area contributed by atoms with E-state index in [2.05, 4.69) is 115 Å². The van der Waals surface area contributed by atoms with E-state index in [9.17, 15) is 0 Å². The van der Waals surface area contributed by atoms with Crippen LogP contribution in [-0.4, -0.2) is 11.8 Å². The molecule has 0 nitrogen and oxygen atoms in total. The second kappa shape index (κ2) is 14.9. The fourth-order valence-electron chi connectivity index (χ4n) is 3.78. The van der Waals surface area contributed by atoms with Crippen molar-refractivity contribution in [2.24, 2.45) is 5.92 Å². The predicted octanol–water partition coefficient (Wildman–Crippen LogP) is 1.44. The zero-order valence-corrected chi connectivity index (χ0v) is 25.4. The Bertz CT molecular complexity index is 1050. The molecule has 3 aromatic carbocycles. The molecule has 0 saturated heterocycles. The number of benzene rings is 3. The molecule has 176 valence electrons. The van der Waals surface area contributed by atoms with E-state index in [4.69, 9.17) is 0 Å². The van der Waals surface area contributed by atoms with Crippen molar-refractivity contribution in [3.8, 4) is 11.1 Å². The summed E-state index contributed by atoms with van der Waals surface area (Å²) in [6.07, 6.45) is 9.98. The molecule has 0 aliphatic heterocycles. The van der Waals surface area contributed by atoms with Gasteiger partial charge in [0.1, 0.15) is 0 Å². The number of hydrogen-bond donors (Lipinski definition) is 0. The van der Waals surface area contributed by atoms with Gasteiger partial charge in [-0.25, -0.2) is 11.3 Å². The maximum atomic E-state index is 3.30. The summed E-state index contributed by atoms with van der Waals surface area (Å²) in [6.45, 7) is 9.29. The van der Waals surface area contributed by atoms with Crippen molar-refractivity contribution in [1.29, 1.82) is 0 Å². The molecule has 3 aromatic rings. The van der Waals surface area contributed by atoms with E-state index < -0.39 is 8.07 Å². The van der Waals surface area contributed by atoms with Crippen molar-refractivity contribution in [3.63, 3.8) is 0 Å². The predicted molar refractivity (Wildman–Crippen MR) is 138 cm³/mol. The summed E-state index contributed by atoms with van der Waals surface area (Å²) in [4.78, 5) is 0. The first kappa shape index (κ1) is 30.7. The molecule has 2 aliphatic carbocycles. The molecular weight excluding hydrogens is 551 g/mol. The van der Waals surface area contributed by atoms with Crippen LogP contribution >= 0.6 is 0 Å². The minimum absolute atomic E-state index is 0. The minimum Gasteiger partial charge on any atom is -0.179 e. The van der Waals surface area contributed by atoms with E-state index in [1.165, 1.54) is 52.1 Å². The number of fused-ring (bicyclic) bond motifs is 3. The van der Waals surface area contributed by atoms with Crippen LogP contribution in [-0.2, 0) is 37.1 Å². The van der Waals surface area contributed by atoms with E-state index >= 15 is 0 Å². The Morgan fingerprint density at radius 2 is 1.56 bits per heavy atom. The Kier molecular flexibility index (Phi) is 13.5.